The van der Waals surface area contributed by atoms with Crippen LogP contribution in [0.5, 0.6) is 0 Å². The third kappa shape index (κ3) is 3.04. The second-order valence-electron chi connectivity index (χ2n) is 4.49. The summed E-state index contributed by atoms with van der Waals surface area (Å²) < 4.78 is 13.0. The summed E-state index contributed by atoms with van der Waals surface area (Å²) >= 11 is 5.65. The van der Waals surface area contributed by atoms with E-state index in [1.807, 2.05) is 0 Å². The van der Waals surface area contributed by atoms with Gasteiger partial charge in [-0.05, 0) is 31.0 Å². The van der Waals surface area contributed by atoms with E-state index in [-0.39, 0.29) is 16.8 Å². The molecule has 19 heavy (non-hydrogen) atoms. The first-order valence-corrected chi connectivity index (χ1v) is 6.40. The molecule has 0 radical (unpaired) electrons. The Morgan fingerprint density at radius 2 is 2.21 bits per heavy atom. The number of hydrogen-bond acceptors (Lipinski definition) is 2. The second kappa shape index (κ2) is 5.57. The van der Waals surface area contributed by atoms with Crippen LogP contribution in [0.1, 0.15) is 19.8 Å². The van der Waals surface area contributed by atoms with Crippen LogP contribution in [0.3, 0.4) is 0 Å². The predicted molar refractivity (Wildman–Crippen MR) is 70.4 cm³/mol. The van der Waals surface area contributed by atoms with Crippen LogP contribution in [0.4, 0.5) is 10.1 Å². The van der Waals surface area contributed by atoms with E-state index in [4.69, 9.17) is 11.6 Å². The van der Waals surface area contributed by atoms with Crippen LogP contribution in [0, 0.1) is 5.82 Å². The minimum atomic E-state index is -0.536. The van der Waals surface area contributed by atoms with E-state index in [9.17, 15) is 14.0 Å². The summed E-state index contributed by atoms with van der Waals surface area (Å²) in [6.45, 7) is 2.04. The van der Waals surface area contributed by atoms with E-state index >= 15 is 0 Å². The van der Waals surface area contributed by atoms with Gasteiger partial charge in [0.25, 0.3) is 0 Å². The Kier molecular flexibility index (Phi) is 4.04. The Bertz CT molecular complexity index is 521. The molecule has 1 saturated heterocycles. The molecule has 0 spiro atoms. The van der Waals surface area contributed by atoms with Gasteiger partial charge in [0.1, 0.15) is 11.9 Å². The van der Waals surface area contributed by atoms with Crippen molar-refractivity contribution in [3.8, 4) is 0 Å². The van der Waals surface area contributed by atoms with E-state index in [1.165, 1.54) is 25.1 Å². The minimum Gasteiger partial charge on any atom is -0.331 e. The van der Waals surface area contributed by atoms with Gasteiger partial charge in [-0.3, -0.25) is 9.59 Å². The molecule has 102 valence electrons. The van der Waals surface area contributed by atoms with Crippen LogP contribution in [0.2, 0.25) is 5.02 Å². The zero-order valence-corrected chi connectivity index (χ0v) is 11.2. The number of halogens is 2. The van der Waals surface area contributed by atoms with Gasteiger partial charge < -0.3 is 10.2 Å². The van der Waals surface area contributed by atoms with Gasteiger partial charge >= 0.3 is 0 Å². The molecular weight excluding hydrogens is 271 g/mol. The number of anilines is 1. The van der Waals surface area contributed by atoms with Gasteiger partial charge in [-0.2, -0.15) is 0 Å². The van der Waals surface area contributed by atoms with Gasteiger partial charge in [0.15, 0.2) is 0 Å². The van der Waals surface area contributed by atoms with Crippen molar-refractivity contribution in [1.29, 1.82) is 0 Å². The van der Waals surface area contributed by atoms with Crippen molar-refractivity contribution in [2.24, 2.45) is 0 Å². The number of nitrogens with zero attached hydrogens (tertiary/aromatic N) is 1. The summed E-state index contributed by atoms with van der Waals surface area (Å²) in [4.78, 5) is 25.0. The molecule has 1 aliphatic rings. The molecule has 0 unspecified atom stereocenters. The SMILES string of the molecule is CC(=O)N1CCC[C@@H]1C(=O)Nc1ccc(F)c(Cl)c1. The highest BCUT2D eigenvalue weighted by molar-refractivity contribution is 6.31. The maximum Gasteiger partial charge on any atom is 0.247 e. The number of carbonyl (C=O) groups is 2. The van der Waals surface area contributed by atoms with E-state index in [0.29, 0.717) is 18.7 Å². The first-order chi connectivity index (χ1) is 8.99. The fourth-order valence-corrected chi connectivity index (χ4v) is 2.40. The Labute approximate surface area is 115 Å². The standard InChI is InChI=1S/C13H14ClFN2O2/c1-8(18)17-6-2-3-12(17)13(19)16-9-4-5-11(15)10(14)7-9/h4-5,7,12H,2-3,6H2,1H3,(H,16,19)/t12-/m1/s1. The van der Waals surface area contributed by atoms with Crippen molar-refractivity contribution < 1.29 is 14.0 Å². The van der Waals surface area contributed by atoms with Crippen molar-refractivity contribution in [3.05, 3.63) is 29.0 Å². The highest BCUT2D eigenvalue weighted by atomic mass is 35.5. The number of hydrogen-bond donors (Lipinski definition) is 1. The van der Waals surface area contributed by atoms with Gasteiger partial charge in [-0.15, -0.1) is 0 Å². The fourth-order valence-electron chi connectivity index (χ4n) is 2.22. The lowest BCUT2D eigenvalue weighted by atomic mass is 10.2. The van der Waals surface area contributed by atoms with Crippen LogP contribution in [-0.2, 0) is 9.59 Å². The topological polar surface area (TPSA) is 49.4 Å². The molecule has 1 aromatic carbocycles. The summed E-state index contributed by atoms with van der Waals surface area (Å²) in [5.41, 5.74) is 0.423. The third-order valence-corrected chi connectivity index (χ3v) is 3.44. The first-order valence-electron chi connectivity index (χ1n) is 6.02. The molecule has 1 fully saturated rings. The predicted octanol–water partition coefficient (Wildman–Crippen LogP) is 2.43. The Morgan fingerprint density at radius 3 is 2.84 bits per heavy atom. The van der Waals surface area contributed by atoms with E-state index in [1.54, 1.807) is 4.90 Å². The van der Waals surface area contributed by atoms with Crippen LogP contribution >= 0.6 is 11.6 Å². The molecule has 0 saturated carbocycles. The van der Waals surface area contributed by atoms with Crippen LogP contribution in [0.15, 0.2) is 18.2 Å². The number of likely N-dealkylation sites (tertiary alicyclic amines) is 1. The van der Waals surface area contributed by atoms with E-state index < -0.39 is 11.9 Å². The molecule has 0 aliphatic carbocycles. The van der Waals surface area contributed by atoms with Crippen molar-refractivity contribution in [2.75, 3.05) is 11.9 Å². The highest BCUT2D eigenvalue weighted by Gasteiger charge is 2.32. The molecule has 6 heteroatoms. The lowest BCUT2D eigenvalue weighted by Crippen LogP contribution is -2.42. The van der Waals surface area contributed by atoms with Crippen LogP contribution in [0.25, 0.3) is 0 Å². The van der Waals surface area contributed by atoms with E-state index in [2.05, 4.69) is 5.32 Å². The average Bonchev–Trinajstić information content (AvgIpc) is 2.83. The zero-order chi connectivity index (χ0) is 14.0. The van der Waals surface area contributed by atoms with Crippen LogP contribution < -0.4 is 5.32 Å². The first kappa shape index (κ1) is 13.8. The Hall–Kier alpha value is -1.62. The van der Waals surface area contributed by atoms with Crippen molar-refractivity contribution in [2.45, 2.75) is 25.8 Å². The minimum absolute atomic E-state index is 0.0485. The fraction of sp³-hybridized carbons (Fsp3) is 0.385. The van der Waals surface area contributed by atoms with Crippen LogP contribution in [-0.4, -0.2) is 29.3 Å². The summed E-state index contributed by atoms with van der Waals surface area (Å²) in [5.74, 6) is -0.920. The quantitative estimate of drug-likeness (QED) is 0.907. The van der Waals surface area contributed by atoms with Crippen molar-refractivity contribution >= 4 is 29.1 Å². The summed E-state index contributed by atoms with van der Waals surface area (Å²) in [5, 5.41) is 2.60. The second-order valence-corrected chi connectivity index (χ2v) is 4.90. The third-order valence-electron chi connectivity index (χ3n) is 3.15. The maximum absolute atomic E-state index is 13.0. The number of nitrogens with one attached hydrogen (secondary N) is 1. The largest absolute Gasteiger partial charge is 0.331 e. The van der Waals surface area contributed by atoms with Gasteiger partial charge in [0.2, 0.25) is 11.8 Å². The number of benzene rings is 1. The molecule has 1 heterocycles. The molecule has 0 aromatic heterocycles. The van der Waals surface area contributed by atoms with Crippen molar-refractivity contribution in [1.82, 2.24) is 4.90 Å². The van der Waals surface area contributed by atoms with Gasteiger partial charge in [0, 0.05) is 19.2 Å². The summed E-state index contributed by atoms with van der Waals surface area (Å²) in [7, 11) is 0. The number of carbonyl (C=O) groups excluding carboxylic acids is 2. The Morgan fingerprint density at radius 1 is 1.47 bits per heavy atom. The highest BCUT2D eigenvalue weighted by Crippen LogP contribution is 2.22. The molecule has 4 nitrogen and oxygen atoms in total. The lowest BCUT2D eigenvalue weighted by molar-refractivity contribution is -0.134. The normalized spacial score (nSPS) is 18.5. The molecule has 1 atom stereocenters. The molecule has 1 aliphatic heterocycles. The maximum atomic E-state index is 13.0. The molecule has 2 amide bonds. The number of rotatable bonds is 2. The Balaban J connectivity index is 2.08. The van der Waals surface area contributed by atoms with Gasteiger partial charge in [-0.1, -0.05) is 11.6 Å². The molecule has 0 bridgehead atoms. The summed E-state index contributed by atoms with van der Waals surface area (Å²) in [6, 6.07) is 3.52. The smallest absolute Gasteiger partial charge is 0.247 e. The van der Waals surface area contributed by atoms with Gasteiger partial charge in [-0.25, -0.2) is 4.39 Å². The molecule has 1 aromatic rings. The monoisotopic (exact) mass is 284 g/mol. The van der Waals surface area contributed by atoms with E-state index in [0.717, 1.165) is 6.42 Å². The van der Waals surface area contributed by atoms with Crippen molar-refractivity contribution in [3.63, 3.8) is 0 Å². The molecular formula is C13H14ClFN2O2. The molecule has 1 N–H and O–H groups in total. The summed E-state index contributed by atoms with van der Waals surface area (Å²) in [6.07, 6.45) is 1.45. The van der Waals surface area contributed by atoms with Gasteiger partial charge in [0.05, 0.1) is 5.02 Å². The average molecular weight is 285 g/mol. The lowest BCUT2D eigenvalue weighted by Gasteiger charge is -2.22. The molecule has 2 rings (SSSR count). The zero-order valence-electron chi connectivity index (χ0n) is 10.5. The number of amides is 2.